The summed E-state index contributed by atoms with van der Waals surface area (Å²) in [5.41, 5.74) is 0. The van der Waals surface area contributed by atoms with Gasteiger partial charge in [-0.15, -0.1) is 0 Å². The molecule has 2 amide bonds. The number of carbonyl (C=O) groups is 2. The zero-order valence-electron chi connectivity index (χ0n) is 6.59. The highest BCUT2D eigenvalue weighted by Crippen LogP contribution is 2.30. The SMILES string of the molecule is O=C1C=CC(=O)N1.O=[PH](O)O[PH](=O)O. The van der Waals surface area contributed by atoms with Crippen LogP contribution in [-0.4, -0.2) is 21.6 Å². The van der Waals surface area contributed by atoms with Gasteiger partial charge < -0.3 is 9.79 Å². The Hall–Kier alpha value is -0.780. The monoisotopic (exact) mass is 243 g/mol. The first-order valence-corrected chi connectivity index (χ1v) is 5.61. The third kappa shape index (κ3) is 7.85. The van der Waals surface area contributed by atoms with Crippen LogP contribution in [-0.2, 0) is 23.0 Å². The van der Waals surface area contributed by atoms with Crippen molar-refractivity contribution in [3.8, 4) is 0 Å². The van der Waals surface area contributed by atoms with Gasteiger partial charge >= 0.3 is 16.5 Å². The van der Waals surface area contributed by atoms with E-state index < -0.39 is 16.5 Å². The molecule has 0 radical (unpaired) electrons. The van der Waals surface area contributed by atoms with Crippen molar-refractivity contribution in [1.29, 1.82) is 0 Å². The molecule has 80 valence electrons. The van der Waals surface area contributed by atoms with Gasteiger partial charge in [-0.2, -0.15) is 0 Å². The predicted octanol–water partition coefficient (Wildman–Crippen LogP) is -1.03. The van der Waals surface area contributed by atoms with Crippen LogP contribution in [0.1, 0.15) is 0 Å². The Kier molecular flexibility index (Phi) is 6.27. The molecule has 1 aliphatic rings. The summed E-state index contributed by atoms with van der Waals surface area (Å²) in [5.74, 6) is -0.657. The summed E-state index contributed by atoms with van der Waals surface area (Å²) in [4.78, 5) is 35.5. The molecule has 1 aliphatic heterocycles. The summed E-state index contributed by atoms with van der Waals surface area (Å²) < 4.78 is 22.3. The minimum atomic E-state index is -3.20. The maximum absolute atomic E-state index is 10.0. The lowest BCUT2D eigenvalue weighted by Crippen LogP contribution is -2.19. The van der Waals surface area contributed by atoms with Gasteiger partial charge in [-0.1, -0.05) is 0 Å². The lowest BCUT2D eigenvalue weighted by molar-refractivity contribution is -0.123. The van der Waals surface area contributed by atoms with Gasteiger partial charge in [-0.25, -0.2) is 4.31 Å². The van der Waals surface area contributed by atoms with E-state index in [9.17, 15) is 18.7 Å². The van der Waals surface area contributed by atoms with Gasteiger partial charge in [0.15, 0.2) is 0 Å². The smallest absolute Gasteiger partial charge is 0.323 e. The van der Waals surface area contributed by atoms with E-state index in [1.165, 1.54) is 12.2 Å². The summed E-state index contributed by atoms with van der Waals surface area (Å²) in [7, 11) is -6.40. The molecule has 0 aliphatic carbocycles. The quantitative estimate of drug-likeness (QED) is 0.417. The average molecular weight is 243 g/mol. The van der Waals surface area contributed by atoms with Crippen LogP contribution in [0.3, 0.4) is 0 Å². The van der Waals surface area contributed by atoms with Crippen molar-refractivity contribution in [3.05, 3.63) is 12.2 Å². The van der Waals surface area contributed by atoms with Crippen molar-refractivity contribution in [3.63, 3.8) is 0 Å². The zero-order valence-corrected chi connectivity index (χ0v) is 8.59. The normalized spacial score (nSPS) is 18.1. The van der Waals surface area contributed by atoms with Crippen molar-refractivity contribution in [2.75, 3.05) is 0 Å². The number of rotatable bonds is 2. The Morgan fingerprint density at radius 1 is 1.07 bits per heavy atom. The molecule has 3 N–H and O–H groups in total. The number of hydrogen-bond acceptors (Lipinski definition) is 5. The van der Waals surface area contributed by atoms with Crippen LogP contribution in [0.15, 0.2) is 12.2 Å². The summed E-state index contributed by atoms with van der Waals surface area (Å²) in [5, 5.41) is 2.03. The van der Waals surface area contributed by atoms with Crippen molar-refractivity contribution in [2.24, 2.45) is 0 Å². The Labute approximate surface area is 79.5 Å². The van der Waals surface area contributed by atoms with Crippen LogP contribution < -0.4 is 5.32 Å². The van der Waals surface area contributed by atoms with E-state index in [-0.39, 0.29) is 11.8 Å². The predicted molar refractivity (Wildman–Crippen MR) is 45.8 cm³/mol. The first-order chi connectivity index (χ1) is 6.41. The fraction of sp³-hybridized carbons (Fsp3) is 0. The van der Waals surface area contributed by atoms with Gasteiger partial charge in [0, 0.05) is 12.2 Å². The molecule has 8 nitrogen and oxygen atoms in total. The van der Waals surface area contributed by atoms with Crippen LogP contribution >= 0.6 is 16.5 Å². The van der Waals surface area contributed by atoms with E-state index >= 15 is 0 Å². The lowest BCUT2D eigenvalue weighted by atomic mass is 10.6. The van der Waals surface area contributed by atoms with Crippen LogP contribution in [0.4, 0.5) is 0 Å². The fourth-order valence-corrected chi connectivity index (χ4v) is 1.03. The van der Waals surface area contributed by atoms with E-state index in [0.717, 1.165) is 0 Å². The minimum absolute atomic E-state index is 0.329. The average Bonchev–Trinajstić information content (AvgIpc) is 2.32. The van der Waals surface area contributed by atoms with E-state index in [1.54, 1.807) is 0 Å². The fourth-order valence-electron chi connectivity index (χ4n) is 0.431. The van der Waals surface area contributed by atoms with Gasteiger partial charge in [0.1, 0.15) is 0 Å². The van der Waals surface area contributed by atoms with Crippen LogP contribution in [0.2, 0.25) is 0 Å². The molecule has 1 rings (SSSR count). The number of imide groups is 1. The van der Waals surface area contributed by atoms with Crippen molar-refractivity contribution >= 4 is 28.3 Å². The van der Waals surface area contributed by atoms with Gasteiger partial charge in [0.2, 0.25) is 0 Å². The summed E-state index contributed by atoms with van der Waals surface area (Å²) in [6, 6.07) is 0. The van der Waals surface area contributed by atoms with E-state index in [4.69, 9.17) is 9.79 Å². The number of hydrogen-bond donors (Lipinski definition) is 3. The third-order valence-corrected chi connectivity index (χ3v) is 2.20. The highest BCUT2D eigenvalue weighted by Gasteiger charge is 2.06. The molecule has 0 aromatic rings. The molecule has 0 aromatic heterocycles. The third-order valence-electron chi connectivity index (χ3n) is 0.807. The van der Waals surface area contributed by atoms with Crippen molar-refractivity contribution in [1.82, 2.24) is 5.32 Å². The second-order valence-electron chi connectivity index (χ2n) is 1.82. The van der Waals surface area contributed by atoms with Gasteiger partial charge in [0.25, 0.3) is 11.8 Å². The van der Waals surface area contributed by atoms with Crippen LogP contribution in [0.5, 0.6) is 0 Å². The standard InChI is InChI=1S/C4H3NO2.H4O5P2/c6-3-1-2-4(7)5-3;1-6(2)5-7(3)4/h1-2H,(H,5,6,7);6-7H,(H,1,2)(H,3,4). The number of carbonyl (C=O) groups excluding carboxylic acids is 2. The van der Waals surface area contributed by atoms with E-state index in [2.05, 4.69) is 4.31 Å². The molecule has 0 saturated heterocycles. The van der Waals surface area contributed by atoms with Crippen molar-refractivity contribution < 1.29 is 32.8 Å². The van der Waals surface area contributed by atoms with E-state index in [1.807, 2.05) is 5.32 Å². The Bertz CT molecular complexity index is 283. The maximum Gasteiger partial charge on any atom is 0.323 e. The first-order valence-electron chi connectivity index (χ1n) is 3.08. The number of amides is 2. The molecular formula is C4H7NO7P2. The highest BCUT2D eigenvalue weighted by atomic mass is 31.2. The maximum atomic E-state index is 10.0. The molecule has 1 heterocycles. The summed E-state index contributed by atoms with van der Waals surface area (Å²) in [6.45, 7) is 0. The molecule has 14 heavy (non-hydrogen) atoms. The Morgan fingerprint density at radius 2 is 1.43 bits per heavy atom. The molecule has 2 unspecified atom stereocenters. The second kappa shape index (κ2) is 6.64. The minimum Gasteiger partial charge on any atom is -0.326 e. The van der Waals surface area contributed by atoms with Gasteiger partial charge in [-0.3, -0.25) is 24.0 Å². The molecule has 0 bridgehead atoms. The molecule has 10 heteroatoms. The zero-order chi connectivity index (χ0) is 11.1. The molecule has 0 fully saturated rings. The topological polar surface area (TPSA) is 130 Å². The largest absolute Gasteiger partial charge is 0.326 e. The summed E-state index contributed by atoms with van der Waals surface area (Å²) in [6.07, 6.45) is 2.39. The summed E-state index contributed by atoms with van der Waals surface area (Å²) >= 11 is 0. The van der Waals surface area contributed by atoms with Crippen LogP contribution in [0, 0.1) is 0 Å². The van der Waals surface area contributed by atoms with Gasteiger partial charge in [-0.05, 0) is 0 Å². The number of nitrogens with one attached hydrogen (secondary N) is 1. The molecular weight excluding hydrogens is 236 g/mol. The van der Waals surface area contributed by atoms with Crippen LogP contribution in [0.25, 0.3) is 0 Å². The Balaban J connectivity index is 0.000000241. The Morgan fingerprint density at radius 3 is 1.50 bits per heavy atom. The molecule has 2 atom stereocenters. The molecule has 0 saturated carbocycles. The second-order valence-corrected chi connectivity index (χ2v) is 3.70. The first kappa shape index (κ1) is 13.2. The molecule has 0 spiro atoms. The highest BCUT2D eigenvalue weighted by molar-refractivity contribution is 7.46. The van der Waals surface area contributed by atoms with Crippen molar-refractivity contribution in [2.45, 2.75) is 0 Å². The van der Waals surface area contributed by atoms with E-state index in [0.29, 0.717) is 0 Å². The van der Waals surface area contributed by atoms with Gasteiger partial charge in [0.05, 0.1) is 0 Å². The molecule has 0 aromatic carbocycles. The lowest BCUT2D eigenvalue weighted by Gasteiger charge is -1.86.